The van der Waals surface area contributed by atoms with E-state index in [1.807, 2.05) is 0 Å². The predicted molar refractivity (Wildman–Crippen MR) is 44.6 cm³/mol. The minimum Gasteiger partial charge on any atom is -0.418 e. The first-order valence-corrected chi connectivity index (χ1v) is 4.29. The molecule has 5 heteroatoms. The molecule has 0 saturated heterocycles. The van der Waals surface area contributed by atoms with Gasteiger partial charge in [-0.2, -0.15) is 0 Å². The van der Waals surface area contributed by atoms with Crippen LogP contribution < -0.4 is 0 Å². The zero-order valence-corrected chi connectivity index (χ0v) is 7.62. The van der Waals surface area contributed by atoms with Gasteiger partial charge in [-0.3, -0.25) is 0 Å². The molecule has 0 bridgehead atoms. The minimum atomic E-state index is -6.00. The van der Waals surface area contributed by atoms with Crippen LogP contribution in [0.3, 0.4) is 0 Å². The van der Waals surface area contributed by atoms with E-state index in [0.717, 1.165) is 0 Å². The first kappa shape index (κ1) is 14.3. The fraction of sp³-hybridized carbons (Fsp3) is 1.00. The number of unbranched alkanes of at least 4 members (excludes halogenated alkanes) is 4. The molecule has 0 radical (unpaired) electrons. The van der Waals surface area contributed by atoms with E-state index in [-0.39, 0.29) is 0 Å². The largest absolute Gasteiger partial charge is 0.673 e. The fourth-order valence-corrected chi connectivity index (χ4v) is 0.677. The summed E-state index contributed by atoms with van der Waals surface area (Å²) in [5, 5.41) is 0. The van der Waals surface area contributed by atoms with Gasteiger partial charge in [-0.25, -0.2) is 0 Å². The van der Waals surface area contributed by atoms with Crippen molar-refractivity contribution in [2.45, 2.75) is 46.0 Å². The minimum absolute atomic E-state index is 1.36. The topological polar surface area (TPSA) is 0 Å². The van der Waals surface area contributed by atoms with Crippen LogP contribution in [0.2, 0.25) is 0 Å². The van der Waals surface area contributed by atoms with Crippen LogP contribution in [0.5, 0.6) is 0 Å². The summed E-state index contributed by atoms with van der Waals surface area (Å²) in [5.74, 6) is 0. The highest BCUT2D eigenvalue weighted by molar-refractivity contribution is 6.50. The van der Waals surface area contributed by atoms with Gasteiger partial charge in [-0.05, 0) is 0 Å². The van der Waals surface area contributed by atoms with Crippen LogP contribution in [-0.4, -0.2) is 7.25 Å². The van der Waals surface area contributed by atoms with Crippen molar-refractivity contribution in [2.75, 3.05) is 0 Å². The third-order valence-corrected chi connectivity index (χ3v) is 1.21. The van der Waals surface area contributed by atoms with Crippen molar-refractivity contribution in [3.8, 4) is 0 Å². The molecular weight excluding hydrogens is 171 g/mol. The summed E-state index contributed by atoms with van der Waals surface area (Å²) in [4.78, 5) is 0. The van der Waals surface area contributed by atoms with Crippen LogP contribution in [0, 0.1) is 0 Å². The molecule has 0 fully saturated rings. The van der Waals surface area contributed by atoms with Crippen molar-refractivity contribution < 1.29 is 17.3 Å². The van der Waals surface area contributed by atoms with Gasteiger partial charge in [0.25, 0.3) is 0 Å². The Labute approximate surface area is 71.5 Å². The van der Waals surface area contributed by atoms with E-state index in [2.05, 4.69) is 13.8 Å². The van der Waals surface area contributed by atoms with Crippen LogP contribution in [0.25, 0.3) is 0 Å². The fourth-order valence-electron chi connectivity index (χ4n) is 0.677. The van der Waals surface area contributed by atoms with Crippen LogP contribution in [0.1, 0.15) is 46.0 Å². The SMILES string of the molecule is CCCCCCC.F[B-](F)(F)F. The van der Waals surface area contributed by atoms with Gasteiger partial charge in [0.2, 0.25) is 0 Å². The standard InChI is InChI=1S/C7H16.BF4/c1-3-5-7-6-4-2;2-1(3,4)5/h3-7H2,1-2H3;/q;-1. The molecule has 0 aromatic carbocycles. The van der Waals surface area contributed by atoms with Gasteiger partial charge >= 0.3 is 7.25 Å². The Morgan fingerprint density at radius 2 is 1.00 bits per heavy atom. The zero-order chi connectivity index (χ0) is 10.0. The highest BCUT2D eigenvalue weighted by atomic mass is 19.5. The molecular formula is C7H16BF4-. The Bertz CT molecular complexity index is 72.0. The molecule has 12 heavy (non-hydrogen) atoms. The lowest BCUT2D eigenvalue weighted by Crippen LogP contribution is -2.02. The van der Waals surface area contributed by atoms with Gasteiger partial charge in [0, 0.05) is 0 Å². The Kier molecular flexibility index (Phi) is 10.6. The predicted octanol–water partition coefficient (Wildman–Crippen LogP) is 4.28. The molecule has 0 aliphatic rings. The Morgan fingerprint density at radius 3 is 1.17 bits per heavy atom. The first-order chi connectivity index (χ1) is 5.41. The zero-order valence-electron chi connectivity index (χ0n) is 7.62. The van der Waals surface area contributed by atoms with E-state index in [1.165, 1.54) is 32.1 Å². The third-order valence-electron chi connectivity index (χ3n) is 1.21. The maximum atomic E-state index is 9.75. The number of halogens is 4. The molecule has 0 amide bonds. The van der Waals surface area contributed by atoms with Gasteiger partial charge in [0.1, 0.15) is 0 Å². The monoisotopic (exact) mass is 187 g/mol. The second-order valence-electron chi connectivity index (χ2n) is 2.56. The number of rotatable bonds is 4. The van der Waals surface area contributed by atoms with Crippen molar-refractivity contribution in [2.24, 2.45) is 0 Å². The lowest BCUT2D eigenvalue weighted by molar-refractivity contribution is 0.368. The van der Waals surface area contributed by atoms with E-state index in [4.69, 9.17) is 0 Å². The summed E-state index contributed by atoms with van der Waals surface area (Å²) < 4.78 is 39.0. The van der Waals surface area contributed by atoms with Crippen molar-refractivity contribution in [3.05, 3.63) is 0 Å². The Hall–Kier alpha value is -0.215. The van der Waals surface area contributed by atoms with E-state index in [9.17, 15) is 17.3 Å². The van der Waals surface area contributed by atoms with Crippen LogP contribution in [0.4, 0.5) is 17.3 Å². The van der Waals surface area contributed by atoms with Crippen LogP contribution in [-0.2, 0) is 0 Å². The van der Waals surface area contributed by atoms with Crippen molar-refractivity contribution in [1.29, 1.82) is 0 Å². The summed E-state index contributed by atoms with van der Waals surface area (Å²) >= 11 is 0. The van der Waals surface area contributed by atoms with E-state index in [0.29, 0.717) is 0 Å². The van der Waals surface area contributed by atoms with Gasteiger partial charge in [-0.15, -0.1) is 0 Å². The Balaban J connectivity index is 0. The van der Waals surface area contributed by atoms with Crippen molar-refractivity contribution in [1.82, 2.24) is 0 Å². The molecule has 76 valence electrons. The molecule has 0 atom stereocenters. The second kappa shape index (κ2) is 8.88. The maximum Gasteiger partial charge on any atom is 0.673 e. The first-order valence-electron chi connectivity index (χ1n) is 4.29. The molecule has 0 aromatic rings. The van der Waals surface area contributed by atoms with Crippen LogP contribution in [0.15, 0.2) is 0 Å². The van der Waals surface area contributed by atoms with Gasteiger partial charge in [-0.1, -0.05) is 46.0 Å². The summed E-state index contributed by atoms with van der Waals surface area (Å²) in [6.07, 6.45) is 7.01. The Morgan fingerprint density at radius 1 is 0.750 bits per heavy atom. The van der Waals surface area contributed by atoms with E-state index < -0.39 is 7.25 Å². The highest BCUT2D eigenvalue weighted by Crippen LogP contribution is 2.06. The molecule has 0 aliphatic heterocycles. The lowest BCUT2D eigenvalue weighted by Gasteiger charge is -1.94. The average molecular weight is 187 g/mol. The molecule has 0 N–H and O–H groups in total. The van der Waals surface area contributed by atoms with Crippen molar-refractivity contribution >= 4 is 7.25 Å². The summed E-state index contributed by atoms with van der Waals surface area (Å²) in [6.45, 7) is 4.49. The third kappa shape index (κ3) is 52.7. The van der Waals surface area contributed by atoms with E-state index in [1.54, 1.807) is 0 Å². The highest BCUT2D eigenvalue weighted by Gasteiger charge is 2.20. The van der Waals surface area contributed by atoms with E-state index >= 15 is 0 Å². The summed E-state index contributed by atoms with van der Waals surface area (Å²) in [5.41, 5.74) is 0. The molecule has 0 saturated carbocycles. The molecule has 0 nitrogen and oxygen atoms in total. The lowest BCUT2D eigenvalue weighted by atomic mass is 10.2. The van der Waals surface area contributed by atoms with Gasteiger partial charge < -0.3 is 17.3 Å². The van der Waals surface area contributed by atoms with Crippen LogP contribution >= 0.6 is 0 Å². The smallest absolute Gasteiger partial charge is 0.418 e. The van der Waals surface area contributed by atoms with Crippen molar-refractivity contribution in [3.63, 3.8) is 0 Å². The average Bonchev–Trinajstić information content (AvgIpc) is 1.85. The summed E-state index contributed by atoms with van der Waals surface area (Å²) in [6, 6.07) is 0. The molecule has 0 heterocycles. The second-order valence-corrected chi connectivity index (χ2v) is 2.56. The maximum absolute atomic E-state index is 9.75. The number of hydrogen-bond donors (Lipinski definition) is 0. The van der Waals surface area contributed by atoms with Gasteiger partial charge in [0.15, 0.2) is 0 Å². The molecule has 0 unspecified atom stereocenters. The normalized spacial score (nSPS) is 10.5. The van der Waals surface area contributed by atoms with Gasteiger partial charge in [0.05, 0.1) is 0 Å². The quantitative estimate of drug-likeness (QED) is 0.350. The molecule has 0 aliphatic carbocycles. The molecule has 0 rings (SSSR count). The number of hydrogen-bond acceptors (Lipinski definition) is 0. The molecule has 0 aromatic heterocycles. The molecule has 0 spiro atoms. The summed E-state index contributed by atoms with van der Waals surface area (Å²) in [7, 11) is -6.00.